The topological polar surface area (TPSA) is 47.0 Å². The first-order valence-corrected chi connectivity index (χ1v) is 8.41. The van der Waals surface area contributed by atoms with Crippen LogP contribution in [0.15, 0.2) is 24.3 Å². The molecule has 2 aliphatic rings. The fraction of sp³-hybridized carbons (Fsp3) is 0.562. The molecule has 0 saturated carbocycles. The summed E-state index contributed by atoms with van der Waals surface area (Å²) in [6.45, 7) is 6.63. The quantitative estimate of drug-likeness (QED) is 0.675. The molecule has 0 amide bonds. The van der Waals surface area contributed by atoms with Crippen molar-refractivity contribution in [1.29, 1.82) is 0 Å². The second-order valence-electron chi connectivity index (χ2n) is 5.74. The third-order valence-corrected chi connectivity index (χ3v) is 4.49. The number of benzene rings is 1. The van der Waals surface area contributed by atoms with E-state index in [4.69, 9.17) is 21.7 Å². The Labute approximate surface area is 137 Å². The van der Waals surface area contributed by atoms with Gasteiger partial charge in [-0.25, -0.2) is 0 Å². The SMILES string of the molecule is S=C(NCC[NH+]1CCOCC1)N[C@@H]1CCOc2ccccc21. The maximum atomic E-state index is 5.68. The van der Waals surface area contributed by atoms with Gasteiger partial charge in [0.25, 0.3) is 0 Å². The normalized spacial score (nSPS) is 21.5. The molecule has 3 rings (SSSR count). The number of thiocarbonyl (C=S) groups is 1. The Bertz CT molecular complexity index is 506. The molecule has 0 spiro atoms. The summed E-state index contributed by atoms with van der Waals surface area (Å²) in [4.78, 5) is 1.58. The highest BCUT2D eigenvalue weighted by Crippen LogP contribution is 2.31. The van der Waals surface area contributed by atoms with Gasteiger partial charge in [-0.1, -0.05) is 18.2 Å². The first kappa shape index (κ1) is 15.5. The number of hydrogen-bond donors (Lipinski definition) is 3. The van der Waals surface area contributed by atoms with Crippen LogP contribution in [-0.4, -0.2) is 51.1 Å². The fourth-order valence-corrected chi connectivity index (χ4v) is 3.21. The minimum atomic E-state index is 0.237. The minimum Gasteiger partial charge on any atom is -0.493 e. The van der Waals surface area contributed by atoms with Crippen molar-refractivity contribution in [2.24, 2.45) is 0 Å². The molecule has 2 heterocycles. The summed E-state index contributed by atoms with van der Waals surface area (Å²) < 4.78 is 11.0. The molecule has 6 heteroatoms. The highest BCUT2D eigenvalue weighted by atomic mass is 32.1. The van der Waals surface area contributed by atoms with Crippen LogP contribution < -0.4 is 20.3 Å². The van der Waals surface area contributed by atoms with Crippen molar-refractivity contribution in [3.05, 3.63) is 29.8 Å². The lowest BCUT2D eigenvalue weighted by molar-refractivity contribution is -0.906. The maximum Gasteiger partial charge on any atom is 0.166 e. The van der Waals surface area contributed by atoms with Crippen LogP contribution in [0.1, 0.15) is 18.0 Å². The van der Waals surface area contributed by atoms with Gasteiger partial charge in [-0.3, -0.25) is 0 Å². The zero-order valence-corrected chi connectivity index (χ0v) is 13.6. The van der Waals surface area contributed by atoms with Crippen molar-refractivity contribution < 1.29 is 14.4 Å². The third-order valence-electron chi connectivity index (χ3n) is 4.23. The Kier molecular flexibility index (Phi) is 5.48. The lowest BCUT2D eigenvalue weighted by Gasteiger charge is -2.28. The van der Waals surface area contributed by atoms with Gasteiger partial charge in [0.15, 0.2) is 5.11 Å². The summed E-state index contributed by atoms with van der Waals surface area (Å²) in [6.07, 6.45) is 0.938. The van der Waals surface area contributed by atoms with Crippen molar-refractivity contribution in [3.63, 3.8) is 0 Å². The average molecular weight is 322 g/mol. The molecule has 0 unspecified atom stereocenters. The first-order valence-electron chi connectivity index (χ1n) is 8.00. The number of rotatable bonds is 4. The predicted octanol–water partition coefficient (Wildman–Crippen LogP) is -0.111. The molecular formula is C16H24N3O2S+. The Morgan fingerprint density at radius 2 is 2.05 bits per heavy atom. The second kappa shape index (κ2) is 7.76. The highest BCUT2D eigenvalue weighted by molar-refractivity contribution is 7.80. The molecule has 0 aromatic heterocycles. The first-order chi connectivity index (χ1) is 10.8. The number of ether oxygens (including phenoxy) is 2. The van der Waals surface area contributed by atoms with Crippen LogP contribution >= 0.6 is 12.2 Å². The highest BCUT2D eigenvalue weighted by Gasteiger charge is 2.21. The smallest absolute Gasteiger partial charge is 0.166 e. The number of nitrogens with one attached hydrogen (secondary N) is 3. The zero-order valence-electron chi connectivity index (χ0n) is 12.8. The van der Waals surface area contributed by atoms with E-state index in [0.29, 0.717) is 0 Å². The van der Waals surface area contributed by atoms with Crippen LogP contribution in [0.3, 0.4) is 0 Å². The maximum absolute atomic E-state index is 5.68. The number of hydrogen-bond acceptors (Lipinski definition) is 3. The van der Waals surface area contributed by atoms with E-state index in [1.54, 1.807) is 4.90 Å². The Balaban J connectivity index is 1.44. The Morgan fingerprint density at radius 1 is 1.23 bits per heavy atom. The molecule has 1 aromatic rings. The summed E-state index contributed by atoms with van der Waals surface area (Å²) in [5.74, 6) is 0.965. The van der Waals surface area contributed by atoms with Gasteiger partial charge < -0.3 is 25.0 Å². The van der Waals surface area contributed by atoms with Crippen LogP contribution in [0.25, 0.3) is 0 Å². The van der Waals surface area contributed by atoms with E-state index in [-0.39, 0.29) is 6.04 Å². The van der Waals surface area contributed by atoms with Gasteiger partial charge in [-0.2, -0.15) is 0 Å². The molecule has 5 nitrogen and oxygen atoms in total. The molecular weight excluding hydrogens is 298 g/mol. The van der Waals surface area contributed by atoms with E-state index in [0.717, 1.165) is 63.3 Å². The van der Waals surface area contributed by atoms with Crippen molar-refractivity contribution in [1.82, 2.24) is 10.6 Å². The van der Waals surface area contributed by atoms with Gasteiger partial charge in [0.05, 0.1) is 39.0 Å². The van der Waals surface area contributed by atoms with Crippen LogP contribution in [0.4, 0.5) is 0 Å². The van der Waals surface area contributed by atoms with Crippen LogP contribution in [0.5, 0.6) is 5.75 Å². The lowest BCUT2D eigenvalue weighted by atomic mass is 10.0. The van der Waals surface area contributed by atoms with Crippen molar-refractivity contribution in [2.75, 3.05) is 46.0 Å². The van der Waals surface area contributed by atoms with Crippen LogP contribution in [0.2, 0.25) is 0 Å². The van der Waals surface area contributed by atoms with E-state index < -0.39 is 0 Å². The van der Waals surface area contributed by atoms with Gasteiger partial charge in [-0.05, 0) is 18.3 Å². The van der Waals surface area contributed by atoms with Crippen molar-refractivity contribution in [3.8, 4) is 5.75 Å². The number of morpholine rings is 1. The molecule has 2 aliphatic heterocycles. The molecule has 3 N–H and O–H groups in total. The van der Waals surface area contributed by atoms with E-state index in [1.807, 2.05) is 18.2 Å². The molecule has 1 saturated heterocycles. The molecule has 1 atom stereocenters. The predicted molar refractivity (Wildman–Crippen MR) is 89.4 cm³/mol. The average Bonchev–Trinajstić information content (AvgIpc) is 2.56. The minimum absolute atomic E-state index is 0.237. The molecule has 0 aliphatic carbocycles. The Morgan fingerprint density at radius 3 is 2.91 bits per heavy atom. The lowest BCUT2D eigenvalue weighted by Crippen LogP contribution is -3.14. The second-order valence-corrected chi connectivity index (χ2v) is 6.15. The molecule has 1 aromatic carbocycles. The largest absolute Gasteiger partial charge is 0.493 e. The molecule has 22 heavy (non-hydrogen) atoms. The van der Waals surface area contributed by atoms with E-state index in [2.05, 4.69) is 16.7 Å². The number of fused-ring (bicyclic) bond motifs is 1. The van der Waals surface area contributed by atoms with E-state index in [9.17, 15) is 0 Å². The number of para-hydroxylation sites is 1. The summed E-state index contributed by atoms with van der Waals surface area (Å²) in [7, 11) is 0. The molecule has 1 fully saturated rings. The van der Waals surface area contributed by atoms with E-state index >= 15 is 0 Å². The molecule has 120 valence electrons. The van der Waals surface area contributed by atoms with Crippen molar-refractivity contribution >= 4 is 17.3 Å². The van der Waals surface area contributed by atoms with Gasteiger partial charge in [0, 0.05) is 12.0 Å². The van der Waals surface area contributed by atoms with Crippen LogP contribution in [0, 0.1) is 0 Å². The van der Waals surface area contributed by atoms with Gasteiger partial charge in [-0.15, -0.1) is 0 Å². The standard InChI is InChI=1S/C16H23N3O2S/c22-16(17-6-7-19-8-11-20-12-9-19)18-14-5-10-21-15-4-2-1-3-13(14)15/h1-4,14H,5-12H2,(H2,17,18,22)/p+1/t14-/m1/s1. The van der Waals surface area contributed by atoms with Crippen LogP contribution in [-0.2, 0) is 4.74 Å². The number of quaternary nitrogens is 1. The summed E-state index contributed by atoms with van der Waals surface area (Å²) in [6, 6.07) is 8.40. The van der Waals surface area contributed by atoms with Crippen molar-refractivity contribution in [2.45, 2.75) is 12.5 Å². The Hall–Kier alpha value is -1.37. The molecule has 0 bridgehead atoms. The summed E-state index contributed by atoms with van der Waals surface area (Å²) in [5.41, 5.74) is 1.19. The van der Waals surface area contributed by atoms with Gasteiger partial charge >= 0.3 is 0 Å². The summed E-state index contributed by atoms with van der Waals surface area (Å²) in [5, 5.41) is 7.48. The fourth-order valence-electron chi connectivity index (χ4n) is 2.96. The third kappa shape index (κ3) is 4.09. The monoisotopic (exact) mass is 322 g/mol. The van der Waals surface area contributed by atoms with Gasteiger partial charge in [0.2, 0.25) is 0 Å². The van der Waals surface area contributed by atoms with Gasteiger partial charge in [0.1, 0.15) is 18.8 Å². The summed E-state index contributed by atoms with van der Waals surface area (Å²) >= 11 is 5.43. The molecule has 0 radical (unpaired) electrons. The zero-order chi connectivity index (χ0) is 15.2. The van der Waals surface area contributed by atoms with E-state index in [1.165, 1.54) is 5.56 Å².